The second-order valence-corrected chi connectivity index (χ2v) is 4.43. The minimum Gasteiger partial charge on any atom is -0.506 e. The average molecular weight is 238 g/mol. The molecule has 2 aromatic heterocycles. The van der Waals surface area contributed by atoms with Crippen molar-refractivity contribution in [2.45, 2.75) is 13.3 Å². The van der Waals surface area contributed by atoms with Crippen LogP contribution in [0.5, 0.6) is 5.75 Å². The predicted molar refractivity (Wildman–Crippen MR) is 70.8 cm³/mol. The van der Waals surface area contributed by atoms with E-state index < -0.39 is 0 Å². The van der Waals surface area contributed by atoms with Crippen molar-refractivity contribution in [3.8, 4) is 5.75 Å². The van der Waals surface area contributed by atoms with Crippen LogP contribution in [0.1, 0.15) is 17.0 Å². The van der Waals surface area contributed by atoms with E-state index in [0.29, 0.717) is 0 Å². The molecule has 1 aromatic carbocycles. The zero-order valence-electron chi connectivity index (χ0n) is 10.2. The Morgan fingerprint density at radius 2 is 2.00 bits per heavy atom. The molecule has 90 valence electrons. The Kier molecular flexibility index (Phi) is 2.52. The van der Waals surface area contributed by atoms with E-state index in [1.807, 2.05) is 28.8 Å². The molecule has 0 unspecified atom stereocenters. The molecule has 1 N–H and O–H groups in total. The van der Waals surface area contributed by atoms with E-state index >= 15 is 0 Å². The summed E-state index contributed by atoms with van der Waals surface area (Å²) >= 11 is 0. The molecule has 0 saturated carbocycles. The van der Waals surface area contributed by atoms with Crippen molar-refractivity contribution in [1.82, 2.24) is 9.38 Å². The molecule has 18 heavy (non-hydrogen) atoms. The first-order valence-electron chi connectivity index (χ1n) is 5.94. The number of aryl methyl sites for hydroxylation is 1. The van der Waals surface area contributed by atoms with Crippen molar-refractivity contribution in [2.75, 3.05) is 0 Å². The summed E-state index contributed by atoms with van der Waals surface area (Å²) in [5.74, 6) is 1.20. The number of imidazole rings is 1. The monoisotopic (exact) mass is 238 g/mol. The third kappa shape index (κ3) is 1.74. The SMILES string of the molecule is Cc1ccccc1Cc1ncc2c(O)cccn12. The van der Waals surface area contributed by atoms with E-state index in [1.54, 1.807) is 12.3 Å². The first kappa shape index (κ1) is 10.8. The minimum atomic E-state index is 0.265. The first-order chi connectivity index (χ1) is 8.75. The van der Waals surface area contributed by atoms with Crippen LogP contribution in [0.25, 0.3) is 5.52 Å². The lowest BCUT2D eigenvalue weighted by Gasteiger charge is -2.05. The van der Waals surface area contributed by atoms with Crippen LogP contribution in [0.2, 0.25) is 0 Å². The van der Waals surface area contributed by atoms with Crippen molar-refractivity contribution < 1.29 is 5.11 Å². The van der Waals surface area contributed by atoms with E-state index in [1.165, 1.54) is 11.1 Å². The molecule has 3 nitrogen and oxygen atoms in total. The van der Waals surface area contributed by atoms with Crippen LogP contribution < -0.4 is 0 Å². The largest absolute Gasteiger partial charge is 0.506 e. The standard InChI is InChI=1S/C15H14N2O/c1-11-5-2-3-6-12(11)9-15-16-10-13-14(18)7-4-8-17(13)15/h2-8,10,18H,9H2,1H3. The fourth-order valence-electron chi connectivity index (χ4n) is 2.17. The molecule has 2 heterocycles. The number of hydrogen-bond donors (Lipinski definition) is 1. The number of nitrogens with zero attached hydrogens (tertiary/aromatic N) is 2. The number of benzene rings is 1. The van der Waals surface area contributed by atoms with E-state index in [9.17, 15) is 5.11 Å². The molecule has 0 radical (unpaired) electrons. The minimum absolute atomic E-state index is 0.265. The summed E-state index contributed by atoms with van der Waals surface area (Å²) in [6.45, 7) is 2.10. The Bertz CT molecular complexity index is 701. The fourth-order valence-corrected chi connectivity index (χ4v) is 2.17. The highest BCUT2D eigenvalue weighted by Gasteiger charge is 2.08. The second-order valence-electron chi connectivity index (χ2n) is 4.43. The summed E-state index contributed by atoms with van der Waals surface area (Å²) in [6.07, 6.45) is 4.41. The van der Waals surface area contributed by atoms with Gasteiger partial charge in [0.2, 0.25) is 0 Å². The number of aromatic hydroxyl groups is 1. The lowest BCUT2D eigenvalue weighted by Crippen LogP contribution is -1.97. The van der Waals surface area contributed by atoms with Gasteiger partial charge in [-0.25, -0.2) is 4.98 Å². The smallest absolute Gasteiger partial charge is 0.141 e. The van der Waals surface area contributed by atoms with Crippen LogP contribution in [-0.4, -0.2) is 14.5 Å². The van der Waals surface area contributed by atoms with Gasteiger partial charge in [-0.05, 0) is 30.2 Å². The Labute approximate surface area is 105 Å². The first-order valence-corrected chi connectivity index (χ1v) is 5.94. The van der Waals surface area contributed by atoms with Gasteiger partial charge in [-0.3, -0.25) is 0 Å². The molecule has 0 atom stereocenters. The molecule has 3 heteroatoms. The molecule has 0 aliphatic rings. The van der Waals surface area contributed by atoms with Crippen molar-refractivity contribution in [3.05, 3.63) is 65.7 Å². The Hall–Kier alpha value is -2.29. The summed E-state index contributed by atoms with van der Waals surface area (Å²) in [4.78, 5) is 4.40. The van der Waals surface area contributed by atoms with Crippen LogP contribution in [-0.2, 0) is 6.42 Å². The summed E-state index contributed by atoms with van der Waals surface area (Å²) in [7, 11) is 0. The normalized spacial score (nSPS) is 10.9. The molecule has 0 bridgehead atoms. The van der Waals surface area contributed by atoms with Gasteiger partial charge in [0.15, 0.2) is 0 Å². The van der Waals surface area contributed by atoms with Gasteiger partial charge in [0.05, 0.1) is 6.20 Å². The van der Waals surface area contributed by atoms with Crippen molar-refractivity contribution in [2.24, 2.45) is 0 Å². The number of fused-ring (bicyclic) bond motifs is 1. The van der Waals surface area contributed by atoms with Gasteiger partial charge < -0.3 is 9.51 Å². The van der Waals surface area contributed by atoms with E-state index in [0.717, 1.165) is 17.8 Å². The summed E-state index contributed by atoms with van der Waals surface area (Å²) in [5.41, 5.74) is 3.27. The molecule has 3 rings (SSSR count). The number of aromatic nitrogens is 2. The Morgan fingerprint density at radius 3 is 2.83 bits per heavy atom. The zero-order chi connectivity index (χ0) is 12.5. The van der Waals surface area contributed by atoms with Gasteiger partial charge in [0.1, 0.15) is 17.1 Å². The Balaban J connectivity index is 2.06. The summed E-state index contributed by atoms with van der Waals surface area (Å²) in [5, 5.41) is 9.74. The molecule has 3 aromatic rings. The number of rotatable bonds is 2. The molecular weight excluding hydrogens is 224 g/mol. The molecule has 0 aliphatic carbocycles. The highest BCUT2D eigenvalue weighted by atomic mass is 16.3. The lowest BCUT2D eigenvalue weighted by molar-refractivity contribution is 0.479. The maximum absolute atomic E-state index is 9.74. The van der Waals surface area contributed by atoms with E-state index in [4.69, 9.17) is 0 Å². The molecule has 0 aliphatic heterocycles. The highest BCUT2D eigenvalue weighted by molar-refractivity contribution is 5.58. The summed E-state index contributed by atoms with van der Waals surface area (Å²) < 4.78 is 1.93. The van der Waals surface area contributed by atoms with Crippen LogP contribution in [0.4, 0.5) is 0 Å². The quantitative estimate of drug-likeness (QED) is 0.745. The summed E-state index contributed by atoms with van der Waals surface area (Å²) in [6, 6.07) is 11.8. The van der Waals surface area contributed by atoms with Gasteiger partial charge in [-0.2, -0.15) is 0 Å². The molecule has 0 spiro atoms. The third-order valence-corrected chi connectivity index (χ3v) is 3.23. The van der Waals surface area contributed by atoms with Gasteiger partial charge in [-0.1, -0.05) is 24.3 Å². The van der Waals surface area contributed by atoms with Crippen molar-refractivity contribution in [1.29, 1.82) is 0 Å². The van der Waals surface area contributed by atoms with Gasteiger partial charge >= 0.3 is 0 Å². The van der Waals surface area contributed by atoms with Gasteiger partial charge in [0, 0.05) is 12.6 Å². The van der Waals surface area contributed by atoms with Crippen molar-refractivity contribution in [3.63, 3.8) is 0 Å². The van der Waals surface area contributed by atoms with Gasteiger partial charge in [-0.15, -0.1) is 0 Å². The Morgan fingerprint density at radius 1 is 1.17 bits per heavy atom. The third-order valence-electron chi connectivity index (χ3n) is 3.23. The molecule has 0 fully saturated rings. The highest BCUT2D eigenvalue weighted by Crippen LogP contribution is 2.20. The molecular formula is C15H14N2O. The lowest BCUT2D eigenvalue weighted by atomic mass is 10.1. The van der Waals surface area contributed by atoms with Gasteiger partial charge in [0.25, 0.3) is 0 Å². The van der Waals surface area contributed by atoms with Crippen LogP contribution >= 0.6 is 0 Å². The van der Waals surface area contributed by atoms with Crippen LogP contribution in [0.15, 0.2) is 48.8 Å². The maximum Gasteiger partial charge on any atom is 0.141 e. The molecule has 0 amide bonds. The maximum atomic E-state index is 9.74. The second kappa shape index (κ2) is 4.18. The predicted octanol–water partition coefficient (Wildman–Crippen LogP) is 2.94. The number of hydrogen-bond acceptors (Lipinski definition) is 2. The number of pyridine rings is 1. The van der Waals surface area contributed by atoms with E-state index in [-0.39, 0.29) is 5.75 Å². The fraction of sp³-hybridized carbons (Fsp3) is 0.133. The average Bonchev–Trinajstić information content (AvgIpc) is 2.77. The van der Waals surface area contributed by atoms with Crippen LogP contribution in [0, 0.1) is 6.92 Å². The topological polar surface area (TPSA) is 37.5 Å². The van der Waals surface area contributed by atoms with Crippen molar-refractivity contribution >= 4 is 5.52 Å². The zero-order valence-corrected chi connectivity index (χ0v) is 10.2. The van der Waals surface area contributed by atoms with Crippen LogP contribution in [0.3, 0.4) is 0 Å². The van der Waals surface area contributed by atoms with E-state index in [2.05, 4.69) is 24.0 Å². The molecule has 0 saturated heterocycles.